The molecular formula is C21H20ClN3O2. The van der Waals surface area contributed by atoms with E-state index in [0.29, 0.717) is 23.9 Å². The van der Waals surface area contributed by atoms with Crippen LogP contribution in [0, 0.1) is 0 Å². The number of fused-ring (bicyclic) bond motifs is 1. The average molecular weight is 382 g/mol. The van der Waals surface area contributed by atoms with E-state index in [1.54, 1.807) is 17.0 Å². The molecule has 2 aromatic carbocycles. The number of halogens is 1. The molecule has 0 bridgehead atoms. The van der Waals surface area contributed by atoms with Crippen molar-refractivity contribution < 1.29 is 9.53 Å². The maximum atomic E-state index is 12.3. The molecule has 0 aliphatic carbocycles. The van der Waals surface area contributed by atoms with E-state index >= 15 is 0 Å². The van der Waals surface area contributed by atoms with Crippen molar-refractivity contribution in [2.24, 2.45) is 0 Å². The van der Waals surface area contributed by atoms with Crippen LogP contribution in [0.5, 0.6) is 5.75 Å². The van der Waals surface area contributed by atoms with Gasteiger partial charge in [-0.25, -0.2) is 4.79 Å². The number of nitrogens with zero attached hydrogens (tertiary/aromatic N) is 3. The molecule has 0 spiro atoms. The number of benzene rings is 2. The summed E-state index contributed by atoms with van der Waals surface area (Å²) in [7, 11) is 0. The summed E-state index contributed by atoms with van der Waals surface area (Å²) in [6.07, 6.45) is 1.62. The van der Waals surface area contributed by atoms with Gasteiger partial charge >= 0.3 is 6.09 Å². The Balaban J connectivity index is 1.33. The highest BCUT2D eigenvalue weighted by Gasteiger charge is 2.22. The van der Waals surface area contributed by atoms with Gasteiger partial charge in [-0.05, 0) is 42.0 Å². The summed E-state index contributed by atoms with van der Waals surface area (Å²) in [6, 6.07) is 17.0. The zero-order chi connectivity index (χ0) is 18.6. The number of carbonyl (C=O) groups excluding carboxylic acids is 1. The third kappa shape index (κ3) is 4.38. The maximum Gasteiger partial charge on any atom is 0.415 e. The minimum Gasteiger partial charge on any atom is -0.410 e. The van der Waals surface area contributed by atoms with Crippen molar-refractivity contribution in [2.75, 3.05) is 26.2 Å². The molecule has 1 aromatic heterocycles. The molecule has 1 aliphatic rings. The quantitative estimate of drug-likeness (QED) is 0.682. The Morgan fingerprint density at radius 1 is 1.04 bits per heavy atom. The lowest BCUT2D eigenvalue weighted by Crippen LogP contribution is -2.49. The molecule has 0 saturated carbocycles. The van der Waals surface area contributed by atoms with Gasteiger partial charge in [-0.15, -0.1) is 0 Å². The summed E-state index contributed by atoms with van der Waals surface area (Å²) in [4.78, 5) is 20.9. The summed E-state index contributed by atoms with van der Waals surface area (Å²) in [5.41, 5.74) is 2.08. The predicted molar refractivity (Wildman–Crippen MR) is 106 cm³/mol. The standard InChI is InChI=1S/C21H20ClN3O2/c22-18-6-7-20-17(13-18)12-16(14-23-20)15-24-8-10-25(11-9-24)21(26)27-19-4-2-1-3-5-19/h1-7,12-14H,8-11,15H2. The predicted octanol–water partition coefficient (Wildman–Crippen LogP) is 4.20. The summed E-state index contributed by atoms with van der Waals surface area (Å²) >= 11 is 6.08. The number of rotatable bonds is 3. The molecule has 4 rings (SSSR count). The molecule has 0 N–H and O–H groups in total. The van der Waals surface area contributed by atoms with Crippen LogP contribution in [0.25, 0.3) is 10.9 Å². The highest BCUT2D eigenvalue weighted by molar-refractivity contribution is 6.31. The van der Waals surface area contributed by atoms with E-state index in [0.717, 1.165) is 36.1 Å². The third-order valence-corrected chi connectivity index (χ3v) is 4.92. The van der Waals surface area contributed by atoms with Gasteiger partial charge in [0.1, 0.15) is 5.75 Å². The van der Waals surface area contributed by atoms with Crippen molar-refractivity contribution in [3.05, 3.63) is 71.4 Å². The van der Waals surface area contributed by atoms with Crippen molar-refractivity contribution >= 4 is 28.6 Å². The van der Waals surface area contributed by atoms with Gasteiger partial charge in [-0.2, -0.15) is 0 Å². The van der Waals surface area contributed by atoms with Crippen LogP contribution in [0.15, 0.2) is 60.8 Å². The van der Waals surface area contributed by atoms with Gasteiger partial charge in [-0.1, -0.05) is 29.8 Å². The minimum atomic E-state index is -0.289. The molecule has 6 heteroatoms. The molecule has 138 valence electrons. The van der Waals surface area contributed by atoms with Crippen molar-refractivity contribution in [1.29, 1.82) is 0 Å². The van der Waals surface area contributed by atoms with Gasteiger partial charge in [0, 0.05) is 49.3 Å². The first-order valence-corrected chi connectivity index (χ1v) is 9.33. The van der Waals surface area contributed by atoms with Crippen LogP contribution in [0.3, 0.4) is 0 Å². The number of amides is 1. The zero-order valence-electron chi connectivity index (χ0n) is 14.8. The van der Waals surface area contributed by atoms with Crippen molar-refractivity contribution in [2.45, 2.75) is 6.54 Å². The molecule has 3 aromatic rings. The maximum absolute atomic E-state index is 12.3. The van der Waals surface area contributed by atoms with Crippen molar-refractivity contribution in [3.8, 4) is 5.75 Å². The fourth-order valence-electron chi connectivity index (χ4n) is 3.24. The van der Waals surface area contributed by atoms with Crippen LogP contribution in [0.1, 0.15) is 5.56 Å². The van der Waals surface area contributed by atoms with Gasteiger partial charge < -0.3 is 9.64 Å². The Hall–Kier alpha value is -2.63. The van der Waals surface area contributed by atoms with E-state index in [-0.39, 0.29) is 6.09 Å². The SMILES string of the molecule is O=C(Oc1ccccc1)N1CCN(Cc2cnc3ccc(Cl)cc3c2)CC1. The topological polar surface area (TPSA) is 45.7 Å². The first kappa shape index (κ1) is 17.8. The number of para-hydroxylation sites is 1. The van der Waals surface area contributed by atoms with Crippen LogP contribution in [0.4, 0.5) is 4.79 Å². The van der Waals surface area contributed by atoms with Crippen LogP contribution in [-0.2, 0) is 6.54 Å². The van der Waals surface area contributed by atoms with E-state index in [2.05, 4.69) is 16.0 Å². The van der Waals surface area contributed by atoms with Crippen LogP contribution >= 0.6 is 11.6 Å². The zero-order valence-corrected chi connectivity index (χ0v) is 15.6. The number of aromatic nitrogens is 1. The Bertz CT molecular complexity index is 941. The largest absolute Gasteiger partial charge is 0.415 e. The molecule has 27 heavy (non-hydrogen) atoms. The molecule has 0 unspecified atom stereocenters. The summed E-state index contributed by atoms with van der Waals surface area (Å²) < 4.78 is 5.41. The summed E-state index contributed by atoms with van der Waals surface area (Å²) in [5, 5.41) is 1.76. The summed E-state index contributed by atoms with van der Waals surface area (Å²) in [6.45, 7) is 3.71. The second-order valence-electron chi connectivity index (χ2n) is 6.62. The summed E-state index contributed by atoms with van der Waals surface area (Å²) in [5.74, 6) is 0.575. The van der Waals surface area contributed by atoms with Crippen LogP contribution in [0.2, 0.25) is 5.02 Å². The van der Waals surface area contributed by atoms with Gasteiger partial charge in [0.2, 0.25) is 0 Å². The average Bonchev–Trinajstić information content (AvgIpc) is 2.69. The Labute approximate surface area is 163 Å². The molecule has 1 amide bonds. The van der Waals surface area contributed by atoms with Gasteiger partial charge in [0.25, 0.3) is 0 Å². The van der Waals surface area contributed by atoms with E-state index < -0.39 is 0 Å². The third-order valence-electron chi connectivity index (χ3n) is 4.68. The first-order chi connectivity index (χ1) is 13.2. The van der Waals surface area contributed by atoms with E-state index in [4.69, 9.17) is 16.3 Å². The fraction of sp³-hybridized carbons (Fsp3) is 0.238. The lowest BCUT2D eigenvalue weighted by atomic mass is 10.1. The first-order valence-electron chi connectivity index (χ1n) is 8.96. The van der Waals surface area contributed by atoms with Gasteiger partial charge in [0.15, 0.2) is 0 Å². The second kappa shape index (κ2) is 7.94. The molecule has 0 radical (unpaired) electrons. The number of hydrogen-bond donors (Lipinski definition) is 0. The lowest BCUT2D eigenvalue weighted by Gasteiger charge is -2.34. The van der Waals surface area contributed by atoms with Gasteiger partial charge in [0.05, 0.1) is 5.52 Å². The Morgan fingerprint density at radius 3 is 2.59 bits per heavy atom. The molecule has 1 saturated heterocycles. The molecular weight excluding hydrogens is 362 g/mol. The number of ether oxygens (including phenoxy) is 1. The van der Waals surface area contributed by atoms with E-state index in [1.165, 1.54) is 0 Å². The molecule has 2 heterocycles. The second-order valence-corrected chi connectivity index (χ2v) is 7.06. The molecule has 5 nitrogen and oxygen atoms in total. The van der Waals surface area contributed by atoms with Crippen LogP contribution in [-0.4, -0.2) is 47.1 Å². The van der Waals surface area contributed by atoms with Crippen molar-refractivity contribution in [1.82, 2.24) is 14.8 Å². The molecule has 1 aliphatic heterocycles. The van der Waals surface area contributed by atoms with Crippen LogP contribution < -0.4 is 4.74 Å². The van der Waals surface area contributed by atoms with Crippen molar-refractivity contribution in [3.63, 3.8) is 0 Å². The number of piperazine rings is 1. The highest BCUT2D eigenvalue weighted by Crippen LogP contribution is 2.20. The smallest absolute Gasteiger partial charge is 0.410 e. The molecule has 0 atom stereocenters. The Kier molecular flexibility index (Phi) is 5.23. The van der Waals surface area contributed by atoms with E-state index in [1.807, 2.05) is 42.6 Å². The lowest BCUT2D eigenvalue weighted by molar-refractivity contribution is 0.108. The van der Waals surface area contributed by atoms with Gasteiger partial charge in [-0.3, -0.25) is 9.88 Å². The normalized spacial score (nSPS) is 15.1. The highest BCUT2D eigenvalue weighted by atomic mass is 35.5. The number of hydrogen-bond acceptors (Lipinski definition) is 4. The van der Waals surface area contributed by atoms with E-state index in [9.17, 15) is 4.79 Å². The fourth-order valence-corrected chi connectivity index (χ4v) is 3.42. The number of pyridine rings is 1. The monoisotopic (exact) mass is 381 g/mol. The molecule has 1 fully saturated rings. The minimum absolute atomic E-state index is 0.289. The number of carbonyl (C=O) groups is 1. The Morgan fingerprint density at radius 2 is 1.81 bits per heavy atom.